The Hall–Kier alpha value is 0.210. The minimum Gasteiger partial charge on any atom is -0.139 e. The van der Waals surface area contributed by atoms with Crippen LogP contribution in [0.3, 0.4) is 0 Å². The van der Waals surface area contributed by atoms with E-state index in [1.165, 1.54) is 23.5 Å². The maximum absolute atomic E-state index is 5.89. The van der Waals surface area contributed by atoms with Gasteiger partial charge in [0.25, 0.3) is 0 Å². The molecule has 1 aromatic carbocycles. The summed E-state index contributed by atoms with van der Waals surface area (Å²) in [4.78, 5) is 0. The molecule has 3 heteroatoms. The van der Waals surface area contributed by atoms with Crippen molar-refractivity contribution >= 4 is 35.1 Å². The van der Waals surface area contributed by atoms with Crippen molar-refractivity contribution in [1.29, 1.82) is 0 Å². The zero-order valence-corrected chi connectivity index (χ0v) is 10.5. The van der Waals surface area contributed by atoms with E-state index in [4.69, 9.17) is 11.6 Å². The lowest BCUT2D eigenvalue weighted by Crippen LogP contribution is -2.12. The second-order valence-corrected chi connectivity index (χ2v) is 6.79. The molecular formula is C11H13ClS2. The van der Waals surface area contributed by atoms with Gasteiger partial charge in [0.2, 0.25) is 0 Å². The highest BCUT2D eigenvalue weighted by Gasteiger charge is 2.35. The van der Waals surface area contributed by atoms with Gasteiger partial charge in [-0.1, -0.05) is 30.7 Å². The van der Waals surface area contributed by atoms with E-state index in [2.05, 4.69) is 42.6 Å². The number of rotatable bonds is 2. The monoisotopic (exact) mass is 244 g/mol. The van der Waals surface area contributed by atoms with Crippen LogP contribution in [0, 0.1) is 0 Å². The third-order valence-electron chi connectivity index (χ3n) is 2.50. The van der Waals surface area contributed by atoms with Gasteiger partial charge >= 0.3 is 0 Å². The molecule has 14 heavy (non-hydrogen) atoms. The lowest BCUT2D eigenvalue weighted by atomic mass is 10.1. The largest absolute Gasteiger partial charge is 0.139 e. The van der Waals surface area contributed by atoms with E-state index in [-0.39, 0.29) is 0 Å². The number of hydrogen-bond acceptors (Lipinski definition) is 2. The Balaban J connectivity index is 2.31. The van der Waals surface area contributed by atoms with Crippen LogP contribution in [-0.2, 0) is 4.08 Å². The predicted molar refractivity (Wildman–Crippen MR) is 68.3 cm³/mol. The molecule has 0 spiro atoms. The van der Waals surface area contributed by atoms with Crippen LogP contribution < -0.4 is 0 Å². The van der Waals surface area contributed by atoms with Crippen molar-refractivity contribution in [3.8, 4) is 0 Å². The van der Waals surface area contributed by atoms with Crippen LogP contribution in [0.1, 0.15) is 18.9 Å². The Kier molecular flexibility index (Phi) is 3.35. The zero-order valence-electron chi connectivity index (χ0n) is 8.13. The van der Waals surface area contributed by atoms with Crippen LogP contribution in [-0.4, -0.2) is 11.5 Å². The number of halogens is 1. The van der Waals surface area contributed by atoms with Gasteiger partial charge in [-0.05, 0) is 24.1 Å². The second-order valence-electron chi connectivity index (χ2n) is 3.31. The van der Waals surface area contributed by atoms with Crippen LogP contribution in [0.15, 0.2) is 24.3 Å². The Morgan fingerprint density at radius 2 is 1.79 bits per heavy atom. The average Bonchev–Trinajstić information content (AvgIpc) is 2.68. The van der Waals surface area contributed by atoms with Crippen LogP contribution in [0.25, 0.3) is 0 Å². The Labute approximate surface area is 98.8 Å². The number of benzene rings is 1. The van der Waals surface area contributed by atoms with Gasteiger partial charge in [-0.2, -0.15) is 0 Å². The van der Waals surface area contributed by atoms with Crippen LogP contribution in [0.5, 0.6) is 0 Å². The summed E-state index contributed by atoms with van der Waals surface area (Å²) in [5, 5.41) is 0.827. The van der Waals surface area contributed by atoms with E-state index in [1.54, 1.807) is 0 Å². The van der Waals surface area contributed by atoms with Gasteiger partial charge < -0.3 is 0 Å². The zero-order chi connectivity index (χ0) is 10.0. The maximum atomic E-state index is 5.89. The lowest BCUT2D eigenvalue weighted by molar-refractivity contribution is 0.839. The molecule has 1 aromatic rings. The predicted octanol–water partition coefficient (Wildman–Crippen LogP) is 4.38. The van der Waals surface area contributed by atoms with Gasteiger partial charge in [0.15, 0.2) is 0 Å². The van der Waals surface area contributed by atoms with Gasteiger partial charge in [-0.3, -0.25) is 0 Å². The lowest BCUT2D eigenvalue weighted by Gasteiger charge is -2.26. The van der Waals surface area contributed by atoms with Crippen LogP contribution in [0.4, 0.5) is 0 Å². The first kappa shape index (κ1) is 10.7. The fraction of sp³-hybridized carbons (Fsp3) is 0.455. The average molecular weight is 245 g/mol. The summed E-state index contributed by atoms with van der Waals surface area (Å²) in [6, 6.07) is 8.32. The summed E-state index contributed by atoms with van der Waals surface area (Å²) in [5.74, 6) is 2.53. The number of thioether (sulfide) groups is 2. The highest BCUT2D eigenvalue weighted by molar-refractivity contribution is 8.20. The van der Waals surface area contributed by atoms with Crippen molar-refractivity contribution in [3.05, 3.63) is 34.9 Å². The Morgan fingerprint density at radius 3 is 2.29 bits per heavy atom. The molecule has 1 aliphatic heterocycles. The van der Waals surface area contributed by atoms with Crippen molar-refractivity contribution < 1.29 is 0 Å². The summed E-state index contributed by atoms with van der Waals surface area (Å²) >= 11 is 10.0. The van der Waals surface area contributed by atoms with Crippen molar-refractivity contribution in [2.24, 2.45) is 0 Å². The molecule has 1 heterocycles. The second kappa shape index (κ2) is 4.38. The fourth-order valence-electron chi connectivity index (χ4n) is 1.73. The van der Waals surface area contributed by atoms with Crippen LogP contribution in [0.2, 0.25) is 5.02 Å². The molecule has 0 amide bonds. The Bertz CT molecular complexity index is 302. The normalized spacial score (nSPS) is 19.9. The van der Waals surface area contributed by atoms with E-state index in [9.17, 15) is 0 Å². The maximum Gasteiger partial charge on any atom is 0.0858 e. The molecule has 1 fully saturated rings. The molecule has 0 unspecified atom stereocenters. The summed E-state index contributed by atoms with van der Waals surface area (Å²) in [7, 11) is 0. The van der Waals surface area contributed by atoms with Crippen molar-refractivity contribution in [2.75, 3.05) is 11.5 Å². The van der Waals surface area contributed by atoms with Gasteiger partial charge in [0, 0.05) is 16.5 Å². The highest BCUT2D eigenvalue weighted by Crippen LogP contribution is 2.54. The number of hydrogen-bond donors (Lipinski definition) is 0. The first-order valence-corrected chi connectivity index (χ1v) is 7.16. The van der Waals surface area contributed by atoms with Crippen LogP contribution >= 0.6 is 35.1 Å². The van der Waals surface area contributed by atoms with Crippen molar-refractivity contribution in [1.82, 2.24) is 0 Å². The molecule has 0 bridgehead atoms. The van der Waals surface area contributed by atoms with Gasteiger partial charge in [0.1, 0.15) is 0 Å². The summed E-state index contributed by atoms with van der Waals surface area (Å²) < 4.78 is 0.296. The van der Waals surface area contributed by atoms with E-state index >= 15 is 0 Å². The first-order valence-electron chi connectivity index (χ1n) is 4.81. The van der Waals surface area contributed by atoms with E-state index in [0.29, 0.717) is 4.08 Å². The van der Waals surface area contributed by atoms with Gasteiger partial charge in [-0.25, -0.2) is 0 Å². The standard InChI is InChI=1S/C11H13ClS2/c1-2-11(13-7-8-14-11)9-3-5-10(12)6-4-9/h3-6H,2,7-8H2,1H3. The van der Waals surface area contributed by atoms with E-state index in [1.807, 2.05) is 12.1 Å². The fourth-order valence-corrected chi connectivity index (χ4v) is 5.03. The first-order chi connectivity index (χ1) is 6.77. The summed E-state index contributed by atoms with van der Waals surface area (Å²) in [6.45, 7) is 2.26. The molecule has 76 valence electrons. The van der Waals surface area contributed by atoms with E-state index < -0.39 is 0 Å². The van der Waals surface area contributed by atoms with Gasteiger partial charge in [0.05, 0.1) is 4.08 Å². The molecule has 2 rings (SSSR count). The highest BCUT2D eigenvalue weighted by atomic mass is 35.5. The molecule has 0 radical (unpaired) electrons. The van der Waals surface area contributed by atoms with Gasteiger partial charge in [-0.15, -0.1) is 23.5 Å². The molecule has 0 nitrogen and oxygen atoms in total. The smallest absolute Gasteiger partial charge is 0.0858 e. The SMILES string of the molecule is CCC1(c2ccc(Cl)cc2)SCCS1. The molecule has 0 N–H and O–H groups in total. The molecule has 0 aliphatic carbocycles. The van der Waals surface area contributed by atoms with E-state index in [0.717, 1.165) is 5.02 Å². The summed E-state index contributed by atoms with van der Waals surface area (Å²) in [6.07, 6.45) is 1.18. The summed E-state index contributed by atoms with van der Waals surface area (Å²) in [5.41, 5.74) is 1.41. The van der Waals surface area contributed by atoms with Crippen molar-refractivity contribution in [3.63, 3.8) is 0 Å². The molecule has 0 atom stereocenters. The minimum atomic E-state index is 0.296. The molecule has 1 saturated heterocycles. The third-order valence-corrected chi connectivity index (χ3v) is 6.52. The molecule has 0 aromatic heterocycles. The Morgan fingerprint density at radius 1 is 1.21 bits per heavy atom. The molecule has 1 aliphatic rings. The molecule has 0 saturated carbocycles. The third kappa shape index (κ3) is 1.93. The topological polar surface area (TPSA) is 0 Å². The minimum absolute atomic E-state index is 0.296. The quantitative estimate of drug-likeness (QED) is 0.757. The molecular weight excluding hydrogens is 232 g/mol. The van der Waals surface area contributed by atoms with Crippen molar-refractivity contribution in [2.45, 2.75) is 17.4 Å².